The molecule has 1 aromatic heterocycles. The summed E-state index contributed by atoms with van der Waals surface area (Å²) in [5.41, 5.74) is 1.34. The Morgan fingerprint density at radius 1 is 1.17 bits per heavy atom. The molecule has 0 unspecified atom stereocenters. The Hall–Kier alpha value is -3.94. The standard InChI is InChI=1S/C21H17NO7/c1-3-27-21(24)20-13(2)28-18-10-9-16(12-17(18)20)29-19(23)11-6-14-4-7-15(8-5-14)22(25)26/h4-12H,3H2,1-2H3/b11-6+. The van der Waals surface area contributed by atoms with E-state index in [4.69, 9.17) is 13.9 Å². The largest absolute Gasteiger partial charge is 0.462 e. The van der Waals surface area contributed by atoms with E-state index in [9.17, 15) is 19.7 Å². The average Bonchev–Trinajstić information content (AvgIpc) is 3.02. The van der Waals surface area contributed by atoms with Crippen molar-refractivity contribution in [2.75, 3.05) is 6.61 Å². The molecule has 0 atom stereocenters. The first kappa shape index (κ1) is 19.8. The molecular weight excluding hydrogens is 378 g/mol. The molecular formula is C21H17NO7. The van der Waals surface area contributed by atoms with Crippen LogP contribution in [0.4, 0.5) is 5.69 Å². The number of nitro groups is 1. The number of hydrogen-bond acceptors (Lipinski definition) is 7. The molecule has 0 fully saturated rings. The van der Waals surface area contributed by atoms with Gasteiger partial charge in [-0.05, 0) is 55.8 Å². The fourth-order valence-corrected chi connectivity index (χ4v) is 2.74. The number of nitro benzene ring substituents is 1. The van der Waals surface area contributed by atoms with E-state index in [2.05, 4.69) is 0 Å². The van der Waals surface area contributed by atoms with Gasteiger partial charge in [-0.15, -0.1) is 0 Å². The van der Waals surface area contributed by atoms with Gasteiger partial charge in [-0.25, -0.2) is 9.59 Å². The van der Waals surface area contributed by atoms with Crippen LogP contribution < -0.4 is 4.74 Å². The summed E-state index contributed by atoms with van der Waals surface area (Å²) < 4.78 is 15.9. The van der Waals surface area contributed by atoms with E-state index in [1.165, 1.54) is 42.5 Å². The predicted octanol–water partition coefficient (Wildman–Crippen LogP) is 4.44. The number of furan rings is 1. The molecule has 1 heterocycles. The Labute approximate surface area is 165 Å². The number of nitrogens with zero attached hydrogens (tertiary/aromatic N) is 1. The molecule has 0 saturated carbocycles. The smallest absolute Gasteiger partial charge is 0.342 e. The zero-order valence-corrected chi connectivity index (χ0v) is 15.7. The molecule has 3 aromatic rings. The summed E-state index contributed by atoms with van der Waals surface area (Å²) in [5, 5.41) is 11.1. The van der Waals surface area contributed by atoms with E-state index in [1.54, 1.807) is 26.0 Å². The van der Waals surface area contributed by atoms with Crippen LogP contribution >= 0.6 is 0 Å². The topological polar surface area (TPSA) is 109 Å². The summed E-state index contributed by atoms with van der Waals surface area (Å²) in [7, 11) is 0. The first-order valence-corrected chi connectivity index (χ1v) is 8.73. The second-order valence-electron chi connectivity index (χ2n) is 6.01. The first-order chi connectivity index (χ1) is 13.9. The van der Waals surface area contributed by atoms with Crippen LogP contribution in [0.1, 0.15) is 28.6 Å². The van der Waals surface area contributed by atoms with Gasteiger partial charge in [0.25, 0.3) is 5.69 Å². The van der Waals surface area contributed by atoms with Gasteiger partial charge in [0.15, 0.2) is 0 Å². The highest BCUT2D eigenvalue weighted by Gasteiger charge is 2.20. The highest BCUT2D eigenvalue weighted by Crippen LogP contribution is 2.29. The van der Waals surface area contributed by atoms with Crippen molar-refractivity contribution in [3.05, 3.63) is 75.5 Å². The maximum absolute atomic E-state index is 12.2. The van der Waals surface area contributed by atoms with Crippen LogP contribution in [0.5, 0.6) is 5.75 Å². The van der Waals surface area contributed by atoms with Gasteiger partial charge in [-0.1, -0.05) is 0 Å². The first-order valence-electron chi connectivity index (χ1n) is 8.73. The van der Waals surface area contributed by atoms with Crippen molar-refractivity contribution >= 4 is 34.7 Å². The van der Waals surface area contributed by atoms with Crippen LogP contribution in [0.15, 0.2) is 53.0 Å². The lowest BCUT2D eigenvalue weighted by atomic mass is 10.1. The molecule has 29 heavy (non-hydrogen) atoms. The highest BCUT2D eigenvalue weighted by atomic mass is 16.6. The third-order valence-electron chi connectivity index (χ3n) is 4.05. The summed E-state index contributed by atoms with van der Waals surface area (Å²) in [4.78, 5) is 34.4. The summed E-state index contributed by atoms with van der Waals surface area (Å²) in [6.45, 7) is 3.60. The second-order valence-corrected chi connectivity index (χ2v) is 6.01. The second kappa shape index (κ2) is 8.39. The van der Waals surface area contributed by atoms with Gasteiger partial charge in [0.05, 0.1) is 11.5 Å². The van der Waals surface area contributed by atoms with E-state index in [-0.39, 0.29) is 18.0 Å². The third kappa shape index (κ3) is 4.49. The molecule has 0 amide bonds. The fraction of sp³-hybridized carbons (Fsp3) is 0.143. The van der Waals surface area contributed by atoms with E-state index >= 15 is 0 Å². The molecule has 0 saturated heterocycles. The monoisotopic (exact) mass is 395 g/mol. The summed E-state index contributed by atoms with van der Waals surface area (Å²) in [6.07, 6.45) is 2.69. The van der Waals surface area contributed by atoms with Gasteiger partial charge in [-0.2, -0.15) is 0 Å². The number of carbonyl (C=O) groups excluding carboxylic acids is 2. The number of aryl methyl sites for hydroxylation is 1. The fourth-order valence-electron chi connectivity index (χ4n) is 2.74. The maximum Gasteiger partial charge on any atom is 0.342 e. The van der Waals surface area contributed by atoms with Crippen molar-refractivity contribution in [1.82, 2.24) is 0 Å². The molecule has 0 spiro atoms. The molecule has 0 N–H and O–H groups in total. The van der Waals surface area contributed by atoms with Gasteiger partial charge in [0.2, 0.25) is 0 Å². The Bertz CT molecular complexity index is 1110. The molecule has 2 aromatic carbocycles. The normalized spacial score (nSPS) is 11.0. The van der Waals surface area contributed by atoms with E-state index in [0.29, 0.717) is 27.9 Å². The van der Waals surface area contributed by atoms with Gasteiger partial charge >= 0.3 is 11.9 Å². The minimum absolute atomic E-state index is 0.0363. The zero-order valence-electron chi connectivity index (χ0n) is 15.7. The Morgan fingerprint density at radius 2 is 1.90 bits per heavy atom. The highest BCUT2D eigenvalue weighted by molar-refractivity contribution is 6.05. The van der Waals surface area contributed by atoms with Crippen molar-refractivity contribution in [3.63, 3.8) is 0 Å². The van der Waals surface area contributed by atoms with Crippen molar-refractivity contribution in [3.8, 4) is 5.75 Å². The number of esters is 2. The quantitative estimate of drug-likeness (QED) is 0.199. The lowest BCUT2D eigenvalue weighted by Crippen LogP contribution is -2.06. The number of hydrogen-bond donors (Lipinski definition) is 0. The van der Waals surface area contributed by atoms with Crippen molar-refractivity contribution in [1.29, 1.82) is 0 Å². The van der Waals surface area contributed by atoms with Gasteiger partial charge in [0.1, 0.15) is 22.7 Å². The van der Waals surface area contributed by atoms with Gasteiger partial charge in [-0.3, -0.25) is 10.1 Å². The van der Waals surface area contributed by atoms with Crippen LogP contribution in [-0.4, -0.2) is 23.5 Å². The number of non-ortho nitro benzene ring substituents is 1. The van der Waals surface area contributed by atoms with E-state index < -0.39 is 16.9 Å². The molecule has 0 aliphatic rings. The number of fused-ring (bicyclic) bond motifs is 1. The molecule has 3 rings (SSSR count). The summed E-state index contributed by atoms with van der Waals surface area (Å²) in [5.74, 6) is -0.493. The van der Waals surface area contributed by atoms with Gasteiger partial charge < -0.3 is 13.9 Å². The molecule has 0 aliphatic heterocycles. The molecule has 8 heteroatoms. The van der Waals surface area contributed by atoms with Crippen LogP contribution in [0, 0.1) is 17.0 Å². The van der Waals surface area contributed by atoms with Crippen LogP contribution in [-0.2, 0) is 9.53 Å². The third-order valence-corrected chi connectivity index (χ3v) is 4.05. The lowest BCUT2D eigenvalue weighted by Gasteiger charge is -2.03. The number of carbonyl (C=O) groups is 2. The van der Waals surface area contributed by atoms with Crippen molar-refractivity contribution < 1.29 is 28.4 Å². The maximum atomic E-state index is 12.2. The van der Waals surface area contributed by atoms with Crippen molar-refractivity contribution in [2.45, 2.75) is 13.8 Å². The molecule has 0 aliphatic carbocycles. The minimum atomic E-state index is -0.638. The van der Waals surface area contributed by atoms with E-state index in [1.807, 2.05) is 0 Å². The number of ether oxygens (including phenoxy) is 2. The van der Waals surface area contributed by atoms with Crippen molar-refractivity contribution in [2.24, 2.45) is 0 Å². The minimum Gasteiger partial charge on any atom is -0.462 e. The van der Waals surface area contributed by atoms with Crippen LogP contribution in [0.3, 0.4) is 0 Å². The van der Waals surface area contributed by atoms with E-state index in [0.717, 1.165) is 0 Å². The van der Waals surface area contributed by atoms with Gasteiger partial charge in [0, 0.05) is 23.6 Å². The molecule has 0 bridgehead atoms. The lowest BCUT2D eigenvalue weighted by molar-refractivity contribution is -0.384. The Balaban J connectivity index is 1.77. The summed E-state index contributed by atoms with van der Waals surface area (Å²) >= 11 is 0. The number of rotatable bonds is 6. The molecule has 0 radical (unpaired) electrons. The Morgan fingerprint density at radius 3 is 2.55 bits per heavy atom. The zero-order chi connectivity index (χ0) is 21.0. The van der Waals surface area contributed by atoms with Crippen LogP contribution in [0.2, 0.25) is 0 Å². The summed E-state index contributed by atoms with van der Waals surface area (Å²) in [6, 6.07) is 10.4. The van der Waals surface area contributed by atoms with Crippen LogP contribution in [0.25, 0.3) is 17.0 Å². The Kier molecular flexibility index (Phi) is 5.73. The molecule has 8 nitrogen and oxygen atoms in total. The SMILES string of the molecule is CCOC(=O)c1c(C)oc2ccc(OC(=O)/C=C/c3ccc([N+](=O)[O-])cc3)cc12. The molecule has 148 valence electrons. The average molecular weight is 395 g/mol. The predicted molar refractivity (Wildman–Crippen MR) is 105 cm³/mol. The number of benzene rings is 2.